The molecule has 2 heteroatoms. The summed E-state index contributed by atoms with van der Waals surface area (Å²) in [7, 11) is 0. The van der Waals surface area contributed by atoms with Crippen molar-refractivity contribution >= 4 is 11.6 Å². The third-order valence-corrected chi connectivity index (χ3v) is 2.66. The number of aryl methyl sites for hydroxylation is 1. The van der Waals surface area contributed by atoms with Crippen molar-refractivity contribution in [2.24, 2.45) is 0 Å². The molecule has 0 unspecified atom stereocenters. The molecule has 88 valence electrons. The molecule has 1 nitrogen and oxygen atoms in total. The second kappa shape index (κ2) is 5.29. The zero-order valence-electron chi connectivity index (χ0n) is 10.0. The molecular formula is C16H12FN. The lowest BCUT2D eigenvalue weighted by Gasteiger charge is -2.00. The third kappa shape index (κ3) is 2.83. The summed E-state index contributed by atoms with van der Waals surface area (Å²) in [6, 6.07) is 16.0. The fraction of sp³-hybridized carbons (Fsp3) is 0.0625. The van der Waals surface area contributed by atoms with Gasteiger partial charge in [-0.1, -0.05) is 42.0 Å². The molecule has 2 aromatic carbocycles. The van der Waals surface area contributed by atoms with Crippen LogP contribution in [0.3, 0.4) is 0 Å². The molecule has 0 aromatic heterocycles. The van der Waals surface area contributed by atoms with E-state index in [1.54, 1.807) is 18.2 Å². The second-order valence-corrected chi connectivity index (χ2v) is 4.09. The molecule has 0 aliphatic carbocycles. The first-order chi connectivity index (χ1) is 8.69. The van der Waals surface area contributed by atoms with Crippen LogP contribution in [0.5, 0.6) is 0 Å². The molecule has 0 heterocycles. The largest absolute Gasteiger partial charge is 0.207 e. The average Bonchev–Trinajstić information content (AvgIpc) is 2.39. The first-order valence-electron chi connectivity index (χ1n) is 5.63. The van der Waals surface area contributed by atoms with Crippen LogP contribution >= 0.6 is 0 Å². The molecule has 0 atom stereocenters. The Balaban J connectivity index is 2.37. The van der Waals surface area contributed by atoms with Crippen LogP contribution in [0.2, 0.25) is 0 Å². The van der Waals surface area contributed by atoms with Gasteiger partial charge in [-0.05, 0) is 36.3 Å². The van der Waals surface area contributed by atoms with E-state index in [0.717, 1.165) is 16.7 Å². The Labute approximate surface area is 106 Å². The molecule has 2 rings (SSSR count). The third-order valence-electron chi connectivity index (χ3n) is 2.66. The summed E-state index contributed by atoms with van der Waals surface area (Å²) < 4.78 is 12.8. The van der Waals surface area contributed by atoms with Gasteiger partial charge in [0, 0.05) is 0 Å². The Hall–Kier alpha value is -2.40. The van der Waals surface area contributed by atoms with Crippen LogP contribution in [0.4, 0.5) is 4.39 Å². The zero-order valence-corrected chi connectivity index (χ0v) is 10.0. The van der Waals surface area contributed by atoms with E-state index >= 15 is 0 Å². The van der Waals surface area contributed by atoms with Crippen LogP contribution in [0.25, 0.3) is 11.6 Å². The highest BCUT2D eigenvalue weighted by Crippen LogP contribution is 2.18. The monoisotopic (exact) mass is 237 g/mol. The molecule has 0 aliphatic rings. The van der Waals surface area contributed by atoms with Gasteiger partial charge in [-0.2, -0.15) is 5.26 Å². The Kier molecular flexibility index (Phi) is 3.54. The van der Waals surface area contributed by atoms with Crippen molar-refractivity contribution in [2.75, 3.05) is 0 Å². The van der Waals surface area contributed by atoms with E-state index in [1.807, 2.05) is 31.2 Å². The first-order valence-corrected chi connectivity index (χ1v) is 5.63. The molecule has 0 saturated heterocycles. The van der Waals surface area contributed by atoms with Gasteiger partial charge in [0.2, 0.25) is 0 Å². The predicted molar refractivity (Wildman–Crippen MR) is 71.1 cm³/mol. The van der Waals surface area contributed by atoms with Crippen molar-refractivity contribution in [2.45, 2.75) is 6.92 Å². The Morgan fingerprint density at radius 1 is 1.06 bits per heavy atom. The molecule has 0 bridgehead atoms. The lowest BCUT2D eigenvalue weighted by molar-refractivity contribution is 0.628. The molecule has 18 heavy (non-hydrogen) atoms. The highest BCUT2D eigenvalue weighted by Gasteiger charge is 2.00. The van der Waals surface area contributed by atoms with Crippen LogP contribution in [0, 0.1) is 24.1 Å². The maximum Gasteiger partial charge on any atom is 0.123 e. The fourth-order valence-electron chi connectivity index (χ4n) is 1.64. The molecule has 0 N–H and O–H groups in total. The molecule has 0 amide bonds. The normalized spacial score (nSPS) is 11.1. The van der Waals surface area contributed by atoms with E-state index in [2.05, 4.69) is 6.07 Å². The Morgan fingerprint density at radius 3 is 2.22 bits per heavy atom. The Morgan fingerprint density at radius 2 is 1.67 bits per heavy atom. The number of halogens is 1. The van der Waals surface area contributed by atoms with Gasteiger partial charge >= 0.3 is 0 Å². The van der Waals surface area contributed by atoms with Crippen molar-refractivity contribution in [1.29, 1.82) is 5.26 Å². The maximum absolute atomic E-state index is 12.8. The molecule has 0 saturated carbocycles. The van der Waals surface area contributed by atoms with E-state index < -0.39 is 0 Å². The van der Waals surface area contributed by atoms with Gasteiger partial charge in [-0.3, -0.25) is 0 Å². The average molecular weight is 237 g/mol. The zero-order chi connectivity index (χ0) is 13.0. The summed E-state index contributed by atoms with van der Waals surface area (Å²) in [5.74, 6) is -0.277. The maximum atomic E-state index is 12.8. The molecule has 0 fully saturated rings. The highest BCUT2D eigenvalue weighted by atomic mass is 19.1. The number of benzene rings is 2. The summed E-state index contributed by atoms with van der Waals surface area (Å²) in [6.07, 6.45) is 1.75. The van der Waals surface area contributed by atoms with Crippen molar-refractivity contribution in [3.05, 3.63) is 71.0 Å². The van der Waals surface area contributed by atoms with Gasteiger partial charge in [-0.15, -0.1) is 0 Å². The number of rotatable bonds is 2. The van der Waals surface area contributed by atoms with Gasteiger partial charge in [0.15, 0.2) is 0 Å². The Bertz CT molecular complexity index is 601. The SMILES string of the molecule is Cc1ccc(/C(C#N)=C\c2ccc(F)cc2)cc1. The number of nitrogens with zero attached hydrogens (tertiary/aromatic N) is 1. The molecule has 0 radical (unpaired) electrons. The van der Waals surface area contributed by atoms with Crippen LogP contribution < -0.4 is 0 Å². The summed E-state index contributed by atoms with van der Waals surface area (Å²) in [6.45, 7) is 2.00. The minimum Gasteiger partial charge on any atom is -0.207 e. The molecule has 0 spiro atoms. The molecule has 2 aromatic rings. The fourth-order valence-corrected chi connectivity index (χ4v) is 1.64. The van der Waals surface area contributed by atoms with Gasteiger partial charge in [0.25, 0.3) is 0 Å². The van der Waals surface area contributed by atoms with Gasteiger partial charge in [0.05, 0.1) is 11.6 Å². The standard InChI is InChI=1S/C16H12FN/c1-12-2-6-14(7-3-12)15(11-18)10-13-4-8-16(17)9-5-13/h2-10H,1H3/b15-10-. The summed E-state index contributed by atoms with van der Waals surface area (Å²) in [5, 5.41) is 9.17. The van der Waals surface area contributed by atoms with Crippen molar-refractivity contribution in [3.8, 4) is 6.07 Å². The first kappa shape index (κ1) is 12.1. The number of hydrogen-bond acceptors (Lipinski definition) is 1. The number of nitriles is 1. The van der Waals surface area contributed by atoms with Crippen LogP contribution in [-0.2, 0) is 0 Å². The summed E-state index contributed by atoms with van der Waals surface area (Å²) in [5.41, 5.74) is 3.40. The quantitative estimate of drug-likeness (QED) is 0.567. The predicted octanol–water partition coefficient (Wildman–Crippen LogP) is 4.20. The minimum absolute atomic E-state index is 0.277. The minimum atomic E-state index is -0.277. The molecular weight excluding hydrogens is 225 g/mol. The lowest BCUT2D eigenvalue weighted by atomic mass is 10.0. The van der Waals surface area contributed by atoms with E-state index in [-0.39, 0.29) is 5.82 Å². The van der Waals surface area contributed by atoms with Crippen molar-refractivity contribution in [3.63, 3.8) is 0 Å². The lowest BCUT2D eigenvalue weighted by Crippen LogP contribution is -1.83. The van der Waals surface area contributed by atoms with E-state index in [9.17, 15) is 9.65 Å². The van der Waals surface area contributed by atoms with Gasteiger partial charge < -0.3 is 0 Å². The summed E-state index contributed by atoms with van der Waals surface area (Å²) >= 11 is 0. The topological polar surface area (TPSA) is 23.8 Å². The van der Waals surface area contributed by atoms with Crippen LogP contribution in [0.15, 0.2) is 48.5 Å². The second-order valence-electron chi connectivity index (χ2n) is 4.09. The number of hydrogen-bond donors (Lipinski definition) is 0. The van der Waals surface area contributed by atoms with Gasteiger partial charge in [-0.25, -0.2) is 4.39 Å². The van der Waals surface area contributed by atoms with Crippen molar-refractivity contribution < 1.29 is 4.39 Å². The highest BCUT2D eigenvalue weighted by molar-refractivity contribution is 5.89. The van der Waals surface area contributed by atoms with Gasteiger partial charge in [0.1, 0.15) is 5.82 Å². The molecule has 0 aliphatic heterocycles. The van der Waals surface area contributed by atoms with Crippen molar-refractivity contribution in [1.82, 2.24) is 0 Å². The van der Waals surface area contributed by atoms with E-state index in [0.29, 0.717) is 5.57 Å². The van der Waals surface area contributed by atoms with E-state index in [1.165, 1.54) is 12.1 Å². The van der Waals surface area contributed by atoms with E-state index in [4.69, 9.17) is 0 Å². The smallest absolute Gasteiger partial charge is 0.123 e. The summed E-state index contributed by atoms with van der Waals surface area (Å²) in [4.78, 5) is 0. The van der Waals surface area contributed by atoms with Crippen LogP contribution in [0.1, 0.15) is 16.7 Å². The van der Waals surface area contributed by atoms with Crippen LogP contribution in [-0.4, -0.2) is 0 Å². The number of allylic oxidation sites excluding steroid dienone is 1.